The molecule has 0 spiro atoms. The summed E-state index contributed by atoms with van der Waals surface area (Å²) in [7, 11) is 0. The smallest absolute Gasteiger partial charge is 0.129 e. The molecule has 0 aliphatic rings. The summed E-state index contributed by atoms with van der Waals surface area (Å²) >= 11 is 0. The largest absolute Gasteiger partial charge is 0.494 e. The van der Waals surface area contributed by atoms with Crippen molar-refractivity contribution in [2.75, 3.05) is 6.61 Å². The lowest BCUT2D eigenvalue weighted by Crippen LogP contribution is -2.00. The van der Waals surface area contributed by atoms with Gasteiger partial charge in [0.05, 0.1) is 6.61 Å². The van der Waals surface area contributed by atoms with Crippen LogP contribution < -0.4 is 4.74 Å². The average Bonchev–Trinajstić information content (AvgIpc) is 2.30. The summed E-state index contributed by atoms with van der Waals surface area (Å²) in [6.45, 7) is 8.71. The summed E-state index contributed by atoms with van der Waals surface area (Å²) in [4.78, 5) is 10.9. The van der Waals surface area contributed by atoms with Crippen molar-refractivity contribution < 1.29 is 9.53 Å². The standard InChI is InChI=1S/C16H24O2/c1-5-18-16-10-9-14(8-6-7-13(4)17)11-15(16)12(2)3/h9-12H,5-8H2,1-4H3. The molecule has 0 aromatic heterocycles. The highest BCUT2D eigenvalue weighted by Gasteiger charge is 2.08. The van der Waals surface area contributed by atoms with Crippen LogP contribution in [0.15, 0.2) is 18.2 Å². The van der Waals surface area contributed by atoms with Crippen molar-refractivity contribution in [2.45, 2.75) is 52.9 Å². The van der Waals surface area contributed by atoms with E-state index in [0.717, 1.165) is 18.6 Å². The zero-order chi connectivity index (χ0) is 13.5. The van der Waals surface area contributed by atoms with Gasteiger partial charge in [-0.1, -0.05) is 26.0 Å². The van der Waals surface area contributed by atoms with Gasteiger partial charge in [0.25, 0.3) is 0 Å². The normalized spacial score (nSPS) is 10.7. The first-order chi connectivity index (χ1) is 8.54. The minimum Gasteiger partial charge on any atom is -0.494 e. The van der Waals surface area contributed by atoms with Crippen molar-refractivity contribution in [3.05, 3.63) is 29.3 Å². The third-order valence-corrected chi connectivity index (χ3v) is 2.99. The number of carbonyl (C=O) groups is 1. The maximum absolute atomic E-state index is 10.9. The van der Waals surface area contributed by atoms with Gasteiger partial charge >= 0.3 is 0 Å². The van der Waals surface area contributed by atoms with E-state index in [1.807, 2.05) is 6.92 Å². The molecule has 1 aromatic rings. The van der Waals surface area contributed by atoms with Crippen LogP contribution in [0.4, 0.5) is 0 Å². The van der Waals surface area contributed by atoms with Crippen molar-refractivity contribution in [1.82, 2.24) is 0 Å². The zero-order valence-corrected chi connectivity index (χ0v) is 12.0. The molecule has 0 amide bonds. The summed E-state index contributed by atoms with van der Waals surface area (Å²) in [5.41, 5.74) is 2.56. The second-order valence-corrected chi connectivity index (χ2v) is 5.02. The topological polar surface area (TPSA) is 26.3 Å². The molecule has 0 N–H and O–H groups in total. The van der Waals surface area contributed by atoms with E-state index in [0.29, 0.717) is 18.9 Å². The monoisotopic (exact) mass is 248 g/mol. The van der Waals surface area contributed by atoms with Gasteiger partial charge in [-0.2, -0.15) is 0 Å². The quantitative estimate of drug-likeness (QED) is 0.725. The summed E-state index contributed by atoms with van der Waals surface area (Å²) in [6.07, 6.45) is 2.57. The predicted molar refractivity (Wildman–Crippen MR) is 75.3 cm³/mol. The lowest BCUT2D eigenvalue weighted by atomic mass is 9.97. The van der Waals surface area contributed by atoms with Gasteiger partial charge in [0.2, 0.25) is 0 Å². The Hall–Kier alpha value is -1.31. The molecule has 0 saturated carbocycles. The van der Waals surface area contributed by atoms with Gasteiger partial charge in [-0.15, -0.1) is 0 Å². The van der Waals surface area contributed by atoms with Crippen LogP contribution in [0.1, 0.15) is 57.6 Å². The van der Waals surface area contributed by atoms with E-state index in [2.05, 4.69) is 32.0 Å². The van der Waals surface area contributed by atoms with E-state index < -0.39 is 0 Å². The Labute approximate surface area is 110 Å². The molecule has 0 fully saturated rings. The Bertz CT molecular complexity index is 394. The summed E-state index contributed by atoms with van der Waals surface area (Å²) in [5.74, 6) is 1.71. The second kappa shape index (κ2) is 7.20. The number of hydrogen-bond acceptors (Lipinski definition) is 2. The van der Waals surface area contributed by atoms with Gasteiger partial charge in [-0.05, 0) is 49.8 Å². The van der Waals surface area contributed by atoms with Crippen LogP contribution in [0.5, 0.6) is 5.75 Å². The molecule has 2 nitrogen and oxygen atoms in total. The van der Waals surface area contributed by atoms with Crippen LogP contribution in [0.25, 0.3) is 0 Å². The van der Waals surface area contributed by atoms with Crippen LogP contribution in [-0.4, -0.2) is 12.4 Å². The highest BCUT2D eigenvalue weighted by atomic mass is 16.5. The van der Waals surface area contributed by atoms with Gasteiger partial charge in [0.15, 0.2) is 0 Å². The molecule has 0 unspecified atom stereocenters. The third kappa shape index (κ3) is 4.52. The Balaban J connectivity index is 2.76. The predicted octanol–water partition coefficient (Wildman–Crippen LogP) is 4.12. The number of aryl methyl sites for hydroxylation is 1. The van der Waals surface area contributed by atoms with Gasteiger partial charge < -0.3 is 9.53 Å². The molecular formula is C16H24O2. The first-order valence-corrected chi connectivity index (χ1v) is 6.79. The number of benzene rings is 1. The molecule has 0 atom stereocenters. The fourth-order valence-corrected chi connectivity index (χ4v) is 2.03. The van der Waals surface area contributed by atoms with Crippen molar-refractivity contribution in [3.63, 3.8) is 0 Å². The van der Waals surface area contributed by atoms with Crippen LogP contribution in [0.2, 0.25) is 0 Å². The molecule has 0 saturated heterocycles. The molecular weight excluding hydrogens is 224 g/mol. The number of ketones is 1. The number of Topliss-reactive ketones (excluding diaryl/α,β-unsaturated/α-hetero) is 1. The SMILES string of the molecule is CCOc1ccc(CCCC(C)=O)cc1C(C)C. The number of carbonyl (C=O) groups excluding carboxylic acids is 1. The lowest BCUT2D eigenvalue weighted by molar-refractivity contribution is -0.117. The highest BCUT2D eigenvalue weighted by molar-refractivity contribution is 5.75. The summed E-state index contributed by atoms with van der Waals surface area (Å²) in [5, 5.41) is 0. The molecule has 0 bridgehead atoms. The fraction of sp³-hybridized carbons (Fsp3) is 0.562. The maximum atomic E-state index is 10.9. The van der Waals surface area contributed by atoms with E-state index >= 15 is 0 Å². The van der Waals surface area contributed by atoms with Gasteiger partial charge in [-0.3, -0.25) is 0 Å². The molecule has 0 aliphatic carbocycles. The van der Waals surface area contributed by atoms with Crippen LogP contribution in [0, 0.1) is 0 Å². The summed E-state index contributed by atoms with van der Waals surface area (Å²) < 4.78 is 5.64. The van der Waals surface area contributed by atoms with Gasteiger partial charge in [0, 0.05) is 6.42 Å². The minimum atomic E-state index is 0.269. The van der Waals surface area contributed by atoms with E-state index in [1.165, 1.54) is 11.1 Å². The van der Waals surface area contributed by atoms with Crippen molar-refractivity contribution >= 4 is 5.78 Å². The number of ether oxygens (including phenoxy) is 1. The number of hydrogen-bond donors (Lipinski definition) is 0. The maximum Gasteiger partial charge on any atom is 0.129 e. The molecule has 0 radical (unpaired) electrons. The Morgan fingerprint density at radius 3 is 2.61 bits per heavy atom. The Morgan fingerprint density at radius 2 is 2.06 bits per heavy atom. The zero-order valence-electron chi connectivity index (χ0n) is 12.0. The van der Waals surface area contributed by atoms with E-state index in [9.17, 15) is 4.79 Å². The molecule has 1 aromatic carbocycles. The highest BCUT2D eigenvalue weighted by Crippen LogP contribution is 2.28. The molecule has 1 rings (SSSR count). The molecule has 2 heteroatoms. The molecule has 100 valence electrons. The molecule has 0 aliphatic heterocycles. The Morgan fingerprint density at radius 1 is 1.33 bits per heavy atom. The van der Waals surface area contributed by atoms with Crippen LogP contribution in [-0.2, 0) is 11.2 Å². The Kier molecular flexibility index (Phi) is 5.90. The van der Waals surface area contributed by atoms with E-state index in [4.69, 9.17) is 4.74 Å². The third-order valence-electron chi connectivity index (χ3n) is 2.99. The minimum absolute atomic E-state index is 0.269. The average molecular weight is 248 g/mol. The first kappa shape index (κ1) is 14.7. The van der Waals surface area contributed by atoms with E-state index in [1.54, 1.807) is 6.92 Å². The van der Waals surface area contributed by atoms with E-state index in [-0.39, 0.29) is 5.78 Å². The second-order valence-electron chi connectivity index (χ2n) is 5.02. The summed E-state index contributed by atoms with van der Waals surface area (Å²) in [6, 6.07) is 6.38. The van der Waals surface area contributed by atoms with Crippen molar-refractivity contribution in [1.29, 1.82) is 0 Å². The van der Waals surface area contributed by atoms with Crippen LogP contribution >= 0.6 is 0 Å². The lowest BCUT2D eigenvalue weighted by Gasteiger charge is -2.14. The first-order valence-electron chi connectivity index (χ1n) is 6.79. The number of rotatable bonds is 7. The van der Waals surface area contributed by atoms with Crippen molar-refractivity contribution in [2.24, 2.45) is 0 Å². The van der Waals surface area contributed by atoms with Crippen molar-refractivity contribution in [3.8, 4) is 5.75 Å². The molecule has 0 heterocycles. The van der Waals surface area contributed by atoms with Gasteiger partial charge in [-0.25, -0.2) is 0 Å². The fourth-order valence-electron chi connectivity index (χ4n) is 2.03. The van der Waals surface area contributed by atoms with Gasteiger partial charge in [0.1, 0.15) is 11.5 Å². The van der Waals surface area contributed by atoms with Crippen LogP contribution in [0.3, 0.4) is 0 Å². The molecule has 18 heavy (non-hydrogen) atoms.